The summed E-state index contributed by atoms with van der Waals surface area (Å²) >= 11 is 0. The van der Waals surface area contributed by atoms with Crippen LogP contribution in [0.1, 0.15) is 140 Å². The van der Waals surface area contributed by atoms with Crippen LogP contribution in [0, 0.1) is 23.7 Å². The largest absolute Gasteiger partial charge is 0.508 e. The van der Waals surface area contributed by atoms with Gasteiger partial charge in [0.2, 0.25) is 5.75 Å². The summed E-state index contributed by atoms with van der Waals surface area (Å²) in [4.78, 5) is 3.08. The van der Waals surface area contributed by atoms with Gasteiger partial charge in [-0.1, -0.05) is 67.5 Å². The van der Waals surface area contributed by atoms with Crippen LogP contribution in [0.2, 0.25) is 0 Å². The van der Waals surface area contributed by atoms with Crippen molar-refractivity contribution in [3.05, 3.63) is 118 Å². The first-order valence-corrected chi connectivity index (χ1v) is 23.7. The lowest BCUT2D eigenvalue weighted by atomic mass is 9.52. The van der Waals surface area contributed by atoms with E-state index in [4.69, 9.17) is 9.47 Å². The molecule has 0 unspecified atom stereocenters. The number of fused-ring (bicyclic) bond motifs is 2. The van der Waals surface area contributed by atoms with Crippen LogP contribution in [0.25, 0.3) is 0 Å². The Kier molecular flexibility index (Phi) is 12.7. The number of aliphatic hydroxyl groups is 3. The van der Waals surface area contributed by atoms with E-state index in [1.807, 2.05) is 37.6 Å². The molecule has 10 heteroatoms. The Morgan fingerprint density at radius 2 is 1.76 bits per heavy atom. The van der Waals surface area contributed by atoms with Crippen LogP contribution in [0.15, 0.2) is 79.1 Å². The summed E-state index contributed by atoms with van der Waals surface area (Å²) < 4.78 is 12.7. The number of hydrogen-bond donors (Lipinski definition) is 8. The van der Waals surface area contributed by atoms with Crippen molar-refractivity contribution in [1.29, 1.82) is 0 Å². The van der Waals surface area contributed by atoms with Gasteiger partial charge in [-0.05, 0) is 147 Å². The SMILES string of the molecule is CNCC[C@@H]1CC[C@@H]([C@]2(O)C=C[C@H]3CCCC[C@]3(c3ccccc3)C2)[C@H](c2cc([C@H]3CC[C@H]4[C@H](C3)O[C@H](c3c(CO)c(O)c(O)c(OC)c3Cc3cc[nH]c3)C[C@@H]4O)ccc2O)C1. The zero-order valence-electron chi connectivity index (χ0n) is 37.0. The fraction of sp³-hybridized carbons (Fsp3) is 0.547. The average Bonchev–Trinajstić information content (AvgIpc) is 3.83. The quantitative estimate of drug-likeness (QED) is 0.0513. The molecule has 63 heavy (non-hydrogen) atoms. The van der Waals surface area contributed by atoms with Crippen molar-refractivity contribution < 1.29 is 40.1 Å². The van der Waals surface area contributed by atoms with E-state index < -0.39 is 35.9 Å². The molecule has 1 aliphatic heterocycles. The molecule has 4 aliphatic carbocycles. The van der Waals surface area contributed by atoms with E-state index in [2.05, 4.69) is 58.9 Å². The first kappa shape index (κ1) is 43.9. The first-order chi connectivity index (χ1) is 30.6. The number of nitrogens with one attached hydrogen (secondary N) is 2. The molecular weight excluding hydrogens is 793 g/mol. The Hall–Kier alpha value is -4.32. The molecule has 8 N–H and O–H groups in total. The number of rotatable bonds is 12. The Morgan fingerprint density at radius 3 is 2.52 bits per heavy atom. The predicted octanol–water partition coefficient (Wildman–Crippen LogP) is 8.93. The second kappa shape index (κ2) is 18.3. The number of allylic oxidation sites excluding steroid dienone is 1. The molecule has 0 radical (unpaired) electrons. The van der Waals surface area contributed by atoms with Crippen molar-refractivity contribution in [2.75, 3.05) is 20.7 Å². The maximum absolute atomic E-state index is 13.2. The van der Waals surface area contributed by atoms with E-state index in [1.165, 1.54) is 19.1 Å². The number of benzene rings is 3. The summed E-state index contributed by atoms with van der Waals surface area (Å²) in [7, 11) is 3.45. The number of H-pyrrole nitrogens is 1. The van der Waals surface area contributed by atoms with Gasteiger partial charge in [-0.15, -0.1) is 0 Å². The molecule has 10 nitrogen and oxygen atoms in total. The molecule has 0 spiro atoms. The highest BCUT2D eigenvalue weighted by Crippen LogP contribution is 2.59. The third-order valence-electron chi connectivity index (χ3n) is 16.5. The molecule has 2 heterocycles. The number of ether oxygens (including phenoxy) is 2. The summed E-state index contributed by atoms with van der Waals surface area (Å²) in [6.07, 6.45) is 18.6. The van der Waals surface area contributed by atoms with E-state index in [0.29, 0.717) is 42.2 Å². The molecule has 3 aromatic carbocycles. The summed E-state index contributed by atoms with van der Waals surface area (Å²) in [5.74, 6) is 0.307. The van der Waals surface area contributed by atoms with Crippen molar-refractivity contribution in [1.82, 2.24) is 10.3 Å². The van der Waals surface area contributed by atoms with E-state index in [9.17, 15) is 30.6 Å². The van der Waals surface area contributed by atoms with Crippen LogP contribution >= 0.6 is 0 Å². The van der Waals surface area contributed by atoms with E-state index in [1.54, 1.807) is 0 Å². The molecule has 338 valence electrons. The number of aromatic hydroxyl groups is 3. The van der Waals surface area contributed by atoms with Crippen LogP contribution in [0.4, 0.5) is 0 Å². The van der Waals surface area contributed by atoms with Crippen LogP contribution < -0.4 is 10.1 Å². The molecule has 1 aromatic heterocycles. The zero-order valence-corrected chi connectivity index (χ0v) is 37.0. The van der Waals surface area contributed by atoms with Gasteiger partial charge in [0.05, 0.1) is 37.6 Å². The van der Waals surface area contributed by atoms with E-state index >= 15 is 0 Å². The first-order valence-electron chi connectivity index (χ1n) is 23.7. The topological polar surface area (TPSA) is 168 Å². The number of methoxy groups -OCH3 is 1. The molecule has 0 bridgehead atoms. The number of phenolic OH excluding ortho intramolecular Hbond substituents is 2. The number of aliphatic hydroxyl groups excluding tert-OH is 2. The maximum Gasteiger partial charge on any atom is 0.201 e. The number of phenols is 3. The molecule has 4 aromatic rings. The Balaban J connectivity index is 1.03. The molecule has 9 rings (SSSR count). The molecule has 0 amide bonds. The van der Waals surface area contributed by atoms with Crippen LogP contribution in [-0.4, -0.2) is 74.1 Å². The summed E-state index contributed by atoms with van der Waals surface area (Å²) in [5, 5.41) is 72.9. The van der Waals surface area contributed by atoms with Gasteiger partial charge in [0.1, 0.15) is 5.75 Å². The van der Waals surface area contributed by atoms with Crippen molar-refractivity contribution in [3.63, 3.8) is 0 Å². The molecule has 1 saturated heterocycles. The Morgan fingerprint density at radius 1 is 0.921 bits per heavy atom. The highest BCUT2D eigenvalue weighted by atomic mass is 16.5. The van der Waals surface area contributed by atoms with Gasteiger partial charge in [-0.25, -0.2) is 0 Å². The number of hydrogen-bond acceptors (Lipinski definition) is 9. The van der Waals surface area contributed by atoms with E-state index in [-0.39, 0.29) is 58.7 Å². The van der Waals surface area contributed by atoms with Gasteiger partial charge < -0.3 is 50.4 Å². The summed E-state index contributed by atoms with van der Waals surface area (Å²) in [6, 6.07) is 19.0. The van der Waals surface area contributed by atoms with Gasteiger partial charge in [-0.3, -0.25) is 0 Å². The molecule has 4 fully saturated rings. The number of aromatic amines is 1. The monoisotopic (exact) mass is 860 g/mol. The maximum atomic E-state index is 13.2. The highest BCUT2D eigenvalue weighted by molar-refractivity contribution is 5.64. The lowest BCUT2D eigenvalue weighted by Crippen LogP contribution is -2.53. The van der Waals surface area contributed by atoms with Crippen LogP contribution in [-0.2, 0) is 23.2 Å². The number of aromatic nitrogens is 1. The second-order valence-electron chi connectivity index (χ2n) is 19.8. The third-order valence-corrected chi connectivity index (χ3v) is 16.5. The average molecular weight is 861 g/mol. The standard InChI is InChI=1S/C53H68N2O8/c1-54-22-18-32-11-15-43(53(61)21-17-37-10-6-7-20-52(37,31-53)36-8-4-3-5-9-36)39(24-32)40-26-34(13-16-44(40)57)35-12-14-38-45(58)28-47(63-46(38)27-35)48-41(25-33-19-23-55-29-33)51(62-2)50(60)49(59)42(48)30-56/h3-5,8-9,13,16-17,19,21,23,26,29,32,35,37-39,43,45-47,54-61H,6-7,10-12,14-15,18,20,22,24-25,27-28,30-31H2,1-2H3/t32-,35-,37+,38+,39-,43+,45-,46-,47-,52+,53-/m0/s1. The van der Waals surface area contributed by atoms with E-state index in [0.717, 1.165) is 81.0 Å². The fourth-order valence-corrected chi connectivity index (χ4v) is 13.4. The summed E-state index contributed by atoms with van der Waals surface area (Å²) in [6.45, 7) is 0.400. The lowest BCUT2D eigenvalue weighted by Gasteiger charge is -2.54. The van der Waals surface area contributed by atoms with Crippen LogP contribution in [0.5, 0.6) is 23.0 Å². The van der Waals surface area contributed by atoms with Gasteiger partial charge >= 0.3 is 0 Å². The second-order valence-corrected chi connectivity index (χ2v) is 19.8. The highest BCUT2D eigenvalue weighted by Gasteiger charge is 2.54. The lowest BCUT2D eigenvalue weighted by molar-refractivity contribution is -0.154. The predicted molar refractivity (Wildman–Crippen MR) is 243 cm³/mol. The van der Waals surface area contributed by atoms with Gasteiger partial charge in [0, 0.05) is 47.7 Å². The van der Waals surface area contributed by atoms with Gasteiger partial charge in [0.25, 0.3) is 0 Å². The van der Waals surface area contributed by atoms with Gasteiger partial charge in [-0.2, -0.15) is 0 Å². The molecular formula is C53H68N2O8. The molecule has 5 aliphatic rings. The van der Waals surface area contributed by atoms with Crippen molar-refractivity contribution >= 4 is 0 Å². The third kappa shape index (κ3) is 8.20. The van der Waals surface area contributed by atoms with Crippen molar-refractivity contribution in [2.24, 2.45) is 23.7 Å². The van der Waals surface area contributed by atoms with Gasteiger partial charge in [0.15, 0.2) is 11.5 Å². The molecule has 3 saturated carbocycles. The Bertz CT molecular complexity index is 2230. The van der Waals surface area contributed by atoms with Crippen molar-refractivity contribution in [2.45, 2.75) is 138 Å². The smallest absolute Gasteiger partial charge is 0.201 e. The summed E-state index contributed by atoms with van der Waals surface area (Å²) in [5.41, 5.74) is 4.47. The zero-order chi connectivity index (χ0) is 43.9. The Labute approximate surface area is 372 Å². The molecule has 11 atom stereocenters. The minimum atomic E-state index is -1.03. The van der Waals surface area contributed by atoms with Crippen molar-refractivity contribution in [3.8, 4) is 23.0 Å². The minimum Gasteiger partial charge on any atom is -0.508 e. The minimum absolute atomic E-state index is 0.0378. The normalized spacial score (nSPS) is 33.1. The fourth-order valence-electron chi connectivity index (χ4n) is 13.4. The van der Waals surface area contributed by atoms with Crippen LogP contribution in [0.3, 0.4) is 0 Å².